The number of esters is 1. The largest absolute Gasteiger partial charge is 0.507 e. The van der Waals surface area contributed by atoms with Crippen LogP contribution in [0.4, 0.5) is 0 Å². The van der Waals surface area contributed by atoms with Gasteiger partial charge in [0.25, 0.3) is 0 Å². The van der Waals surface area contributed by atoms with Crippen molar-refractivity contribution < 1.29 is 29.3 Å². The Morgan fingerprint density at radius 2 is 1.70 bits per heavy atom. The van der Waals surface area contributed by atoms with Gasteiger partial charge in [-0.1, -0.05) is 17.7 Å². The first-order valence-electron chi connectivity index (χ1n) is 8.50. The molecule has 27 heavy (non-hydrogen) atoms. The average Bonchev–Trinajstić information content (AvgIpc) is 2.62. The molecule has 1 aromatic carbocycles. The molecule has 2 rings (SSSR count). The maximum absolute atomic E-state index is 12.9. The standard InChI is InChI=1S/C21H22O6/c1-5-12(4)21(26)27-17(9-6-11(2)3)13-10-16(24)18-14(22)7-8-15(23)19(18)20(13)25/h5-8,10,17,22-23H,9H2,1-4H3/b12-5+. The lowest BCUT2D eigenvalue weighted by molar-refractivity contribution is -0.142. The van der Waals surface area contributed by atoms with Crippen LogP contribution in [0.25, 0.3) is 0 Å². The molecule has 0 radical (unpaired) electrons. The highest BCUT2D eigenvalue weighted by molar-refractivity contribution is 6.27. The van der Waals surface area contributed by atoms with Crippen molar-refractivity contribution in [2.45, 2.75) is 40.2 Å². The van der Waals surface area contributed by atoms with Gasteiger partial charge in [-0.05, 0) is 45.9 Å². The molecule has 142 valence electrons. The Morgan fingerprint density at radius 1 is 1.11 bits per heavy atom. The Hall–Kier alpha value is -3.15. The number of aromatic hydroxyl groups is 2. The predicted octanol–water partition coefficient (Wildman–Crippen LogP) is 3.64. The monoisotopic (exact) mass is 370 g/mol. The highest BCUT2D eigenvalue weighted by Crippen LogP contribution is 2.36. The molecule has 0 amide bonds. The van der Waals surface area contributed by atoms with Crippen molar-refractivity contribution in [1.82, 2.24) is 0 Å². The van der Waals surface area contributed by atoms with Gasteiger partial charge >= 0.3 is 5.97 Å². The summed E-state index contributed by atoms with van der Waals surface area (Å²) in [6, 6.07) is 2.29. The van der Waals surface area contributed by atoms with E-state index < -0.39 is 29.4 Å². The van der Waals surface area contributed by atoms with Crippen LogP contribution in [-0.4, -0.2) is 33.9 Å². The van der Waals surface area contributed by atoms with Gasteiger partial charge in [-0.3, -0.25) is 9.59 Å². The van der Waals surface area contributed by atoms with E-state index in [4.69, 9.17) is 4.74 Å². The molecule has 2 N–H and O–H groups in total. The third-order valence-electron chi connectivity index (χ3n) is 4.27. The van der Waals surface area contributed by atoms with E-state index in [1.54, 1.807) is 26.0 Å². The minimum atomic E-state index is -0.992. The van der Waals surface area contributed by atoms with Crippen molar-refractivity contribution in [2.75, 3.05) is 0 Å². The van der Waals surface area contributed by atoms with E-state index in [0.29, 0.717) is 5.57 Å². The molecular weight excluding hydrogens is 348 g/mol. The minimum Gasteiger partial charge on any atom is -0.507 e. The summed E-state index contributed by atoms with van der Waals surface area (Å²) < 4.78 is 5.46. The first-order valence-corrected chi connectivity index (χ1v) is 8.50. The van der Waals surface area contributed by atoms with Crippen molar-refractivity contribution in [3.05, 3.63) is 58.2 Å². The third kappa shape index (κ3) is 4.16. The number of allylic oxidation sites excluding steroid dienone is 3. The molecule has 1 aliphatic rings. The summed E-state index contributed by atoms with van der Waals surface area (Å²) in [5, 5.41) is 20.0. The maximum atomic E-state index is 12.9. The Kier molecular flexibility index (Phi) is 6.00. The molecule has 0 saturated carbocycles. The lowest BCUT2D eigenvalue weighted by Crippen LogP contribution is -2.29. The van der Waals surface area contributed by atoms with Gasteiger partial charge in [0.2, 0.25) is 0 Å². The molecule has 1 aromatic rings. The fourth-order valence-electron chi connectivity index (χ4n) is 2.64. The number of hydrogen-bond acceptors (Lipinski definition) is 6. The molecule has 6 nitrogen and oxygen atoms in total. The summed E-state index contributed by atoms with van der Waals surface area (Å²) >= 11 is 0. The number of rotatable bonds is 5. The summed E-state index contributed by atoms with van der Waals surface area (Å²) in [5.41, 5.74) is 0.755. The highest BCUT2D eigenvalue weighted by Gasteiger charge is 2.35. The van der Waals surface area contributed by atoms with E-state index >= 15 is 0 Å². The first kappa shape index (κ1) is 20.2. The molecule has 0 spiro atoms. The van der Waals surface area contributed by atoms with Crippen molar-refractivity contribution in [2.24, 2.45) is 0 Å². The van der Waals surface area contributed by atoms with E-state index in [9.17, 15) is 24.6 Å². The SMILES string of the molecule is C/C=C(\C)C(=O)OC(CC=C(C)C)C1=CC(=O)c2c(O)ccc(O)c2C1=O. The predicted molar refractivity (Wildman–Crippen MR) is 99.9 cm³/mol. The second-order valence-electron chi connectivity index (χ2n) is 6.53. The number of ketones is 2. The number of ether oxygens (including phenoxy) is 1. The van der Waals surface area contributed by atoms with Crippen LogP contribution in [0.1, 0.15) is 54.8 Å². The second kappa shape index (κ2) is 8.03. The molecule has 1 aliphatic carbocycles. The number of fused-ring (bicyclic) bond motifs is 1. The Labute approximate surface area is 157 Å². The molecule has 0 heterocycles. The Balaban J connectivity index is 2.51. The van der Waals surface area contributed by atoms with Gasteiger partial charge in [0.15, 0.2) is 11.6 Å². The normalized spacial score (nSPS) is 15.0. The quantitative estimate of drug-likeness (QED) is 0.355. The third-order valence-corrected chi connectivity index (χ3v) is 4.27. The van der Waals surface area contributed by atoms with Gasteiger partial charge in [-0.2, -0.15) is 0 Å². The van der Waals surface area contributed by atoms with Crippen LogP contribution >= 0.6 is 0 Å². The van der Waals surface area contributed by atoms with Crippen LogP contribution in [0.2, 0.25) is 0 Å². The smallest absolute Gasteiger partial charge is 0.334 e. The second-order valence-corrected chi connectivity index (χ2v) is 6.53. The van der Waals surface area contributed by atoms with Crippen molar-refractivity contribution in [3.63, 3.8) is 0 Å². The van der Waals surface area contributed by atoms with Crippen LogP contribution in [0.3, 0.4) is 0 Å². The lowest BCUT2D eigenvalue weighted by Gasteiger charge is -2.23. The van der Waals surface area contributed by atoms with Gasteiger partial charge < -0.3 is 14.9 Å². The van der Waals surface area contributed by atoms with Crippen LogP contribution in [0, 0.1) is 0 Å². The van der Waals surface area contributed by atoms with Gasteiger partial charge in [-0.15, -0.1) is 0 Å². The number of carbonyl (C=O) groups excluding carboxylic acids is 3. The Bertz CT molecular complexity index is 897. The van der Waals surface area contributed by atoms with Crippen molar-refractivity contribution in [1.29, 1.82) is 0 Å². The molecule has 0 fully saturated rings. The van der Waals surface area contributed by atoms with E-state index in [2.05, 4.69) is 0 Å². The van der Waals surface area contributed by atoms with E-state index in [1.807, 2.05) is 13.8 Å². The number of phenols is 2. The van der Waals surface area contributed by atoms with Crippen molar-refractivity contribution >= 4 is 17.5 Å². The van der Waals surface area contributed by atoms with Gasteiger partial charge in [-0.25, -0.2) is 4.79 Å². The topological polar surface area (TPSA) is 101 Å². The molecule has 1 unspecified atom stereocenters. The summed E-state index contributed by atoms with van der Waals surface area (Å²) in [7, 11) is 0. The fraction of sp³-hybridized carbons (Fsp3) is 0.286. The van der Waals surface area contributed by atoms with E-state index in [-0.39, 0.29) is 28.9 Å². The molecule has 1 atom stereocenters. The molecular formula is C21H22O6. The van der Waals surface area contributed by atoms with Crippen LogP contribution in [-0.2, 0) is 9.53 Å². The van der Waals surface area contributed by atoms with Crippen LogP contribution in [0.15, 0.2) is 47.1 Å². The van der Waals surface area contributed by atoms with Gasteiger partial charge in [0.1, 0.15) is 17.6 Å². The van der Waals surface area contributed by atoms with Gasteiger partial charge in [0.05, 0.1) is 11.1 Å². The Morgan fingerprint density at radius 3 is 2.26 bits per heavy atom. The minimum absolute atomic E-state index is 0.0387. The zero-order valence-corrected chi connectivity index (χ0v) is 15.7. The summed E-state index contributed by atoms with van der Waals surface area (Å²) in [6.07, 6.45) is 3.64. The van der Waals surface area contributed by atoms with Gasteiger partial charge in [0, 0.05) is 17.6 Å². The van der Waals surface area contributed by atoms with Crippen molar-refractivity contribution in [3.8, 4) is 11.5 Å². The fourth-order valence-corrected chi connectivity index (χ4v) is 2.64. The highest BCUT2D eigenvalue weighted by atomic mass is 16.5. The molecule has 6 heteroatoms. The summed E-state index contributed by atoms with van der Waals surface area (Å²) in [5.74, 6) is -2.69. The number of Topliss-reactive ketones (excluding diaryl/α,β-unsaturated/α-hetero) is 1. The molecule has 0 saturated heterocycles. The van der Waals surface area contributed by atoms with Crippen LogP contribution < -0.4 is 0 Å². The van der Waals surface area contributed by atoms with Crippen LogP contribution in [0.5, 0.6) is 11.5 Å². The number of carbonyl (C=O) groups is 3. The maximum Gasteiger partial charge on any atom is 0.334 e. The zero-order valence-electron chi connectivity index (χ0n) is 15.7. The lowest BCUT2D eigenvalue weighted by atomic mass is 9.85. The number of benzene rings is 1. The number of hydrogen-bond donors (Lipinski definition) is 2. The molecule has 0 aliphatic heterocycles. The average molecular weight is 370 g/mol. The number of phenolic OH excluding ortho intramolecular Hbond substituents is 2. The summed E-state index contributed by atoms with van der Waals surface area (Å²) in [6.45, 7) is 6.99. The van der Waals surface area contributed by atoms with E-state index in [1.165, 1.54) is 0 Å². The zero-order chi connectivity index (χ0) is 20.3. The first-order chi connectivity index (χ1) is 12.7. The molecule has 0 aromatic heterocycles. The van der Waals surface area contributed by atoms with E-state index in [0.717, 1.165) is 23.8 Å². The summed E-state index contributed by atoms with van der Waals surface area (Å²) in [4.78, 5) is 37.6. The molecule has 0 bridgehead atoms.